The van der Waals surface area contributed by atoms with Gasteiger partial charge in [-0.3, -0.25) is 14.8 Å². The number of nitrogens with zero attached hydrogens (tertiary/aromatic N) is 3. The van der Waals surface area contributed by atoms with Crippen molar-refractivity contribution in [3.63, 3.8) is 0 Å². The molecule has 0 saturated carbocycles. The Hall–Kier alpha value is -3.55. The van der Waals surface area contributed by atoms with Crippen LogP contribution in [0.25, 0.3) is 11.3 Å². The molecular formula is C19H17FN4O3. The maximum absolute atomic E-state index is 13.9. The predicted octanol–water partition coefficient (Wildman–Crippen LogP) is 3.26. The second-order valence-electron chi connectivity index (χ2n) is 5.62. The lowest BCUT2D eigenvalue weighted by atomic mass is 10.1. The fourth-order valence-electron chi connectivity index (χ4n) is 2.54. The van der Waals surface area contributed by atoms with Gasteiger partial charge in [-0.05, 0) is 30.7 Å². The SMILES string of the molecule is COc1ccc(OC)c(-c2cnc(NC(=O)c3c(C)cncc3F)cn2)c1. The van der Waals surface area contributed by atoms with Crippen LogP contribution in [0.3, 0.4) is 0 Å². The van der Waals surface area contributed by atoms with Crippen LogP contribution in [0.2, 0.25) is 0 Å². The van der Waals surface area contributed by atoms with Crippen molar-refractivity contribution in [1.82, 2.24) is 15.0 Å². The Balaban J connectivity index is 1.85. The number of anilines is 1. The standard InChI is InChI=1S/C19H17FN4O3/c1-11-7-21-8-14(20)18(11)19(25)24-17-10-22-15(9-23-17)13-6-12(26-2)4-5-16(13)27-3/h4-10H,1-3H3,(H,23,24,25). The zero-order chi connectivity index (χ0) is 19.4. The number of carbonyl (C=O) groups excluding carboxylic acids is 1. The molecule has 0 radical (unpaired) electrons. The van der Waals surface area contributed by atoms with Crippen molar-refractivity contribution < 1.29 is 18.7 Å². The van der Waals surface area contributed by atoms with Crippen LogP contribution in [0, 0.1) is 12.7 Å². The lowest BCUT2D eigenvalue weighted by Crippen LogP contribution is -2.16. The molecule has 0 bridgehead atoms. The highest BCUT2D eigenvalue weighted by atomic mass is 19.1. The average molecular weight is 368 g/mol. The Morgan fingerprint density at radius 3 is 2.52 bits per heavy atom. The Labute approximate surface area is 155 Å². The number of hydrogen-bond donors (Lipinski definition) is 1. The molecular weight excluding hydrogens is 351 g/mol. The van der Waals surface area contributed by atoms with Crippen LogP contribution in [-0.2, 0) is 0 Å². The van der Waals surface area contributed by atoms with E-state index in [4.69, 9.17) is 9.47 Å². The van der Waals surface area contributed by atoms with Crippen LogP contribution in [0.5, 0.6) is 11.5 Å². The van der Waals surface area contributed by atoms with Gasteiger partial charge in [0.1, 0.15) is 11.5 Å². The molecule has 3 rings (SSSR count). The molecule has 0 fully saturated rings. The molecule has 0 aliphatic rings. The molecule has 138 valence electrons. The highest BCUT2D eigenvalue weighted by Gasteiger charge is 2.16. The molecule has 0 unspecified atom stereocenters. The highest BCUT2D eigenvalue weighted by molar-refractivity contribution is 6.04. The van der Waals surface area contributed by atoms with Gasteiger partial charge in [0, 0.05) is 11.8 Å². The molecule has 1 aromatic carbocycles. The second kappa shape index (κ2) is 7.77. The van der Waals surface area contributed by atoms with Crippen molar-refractivity contribution >= 4 is 11.7 Å². The van der Waals surface area contributed by atoms with Crippen molar-refractivity contribution in [2.45, 2.75) is 6.92 Å². The van der Waals surface area contributed by atoms with Gasteiger partial charge in [0.25, 0.3) is 5.91 Å². The third-order valence-corrected chi connectivity index (χ3v) is 3.89. The summed E-state index contributed by atoms with van der Waals surface area (Å²) < 4.78 is 24.4. The van der Waals surface area contributed by atoms with Gasteiger partial charge in [0.2, 0.25) is 0 Å². The number of halogens is 1. The molecule has 0 aliphatic heterocycles. The normalized spacial score (nSPS) is 10.4. The van der Waals surface area contributed by atoms with E-state index in [-0.39, 0.29) is 11.4 Å². The first-order valence-electron chi connectivity index (χ1n) is 7.99. The minimum absolute atomic E-state index is 0.0784. The first kappa shape index (κ1) is 18.2. The van der Waals surface area contributed by atoms with Gasteiger partial charge in [-0.1, -0.05) is 0 Å². The van der Waals surface area contributed by atoms with E-state index in [2.05, 4.69) is 20.3 Å². The number of ether oxygens (including phenoxy) is 2. The number of aryl methyl sites for hydroxylation is 1. The van der Waals surface area contributed by atoms with Crippen LogP contribution in [0.1, 0.15) is 15.9 Å². The van der Waals surface area contributed by atoms with Gasteiger partial charge in [0.15, 0.2) is 11.6 Å². The Bertz CT molecular complexity index is 957. The van der Waals surface area contributed by atoms with Crippen LogP contribution in [-0.4, -0.2) is 35.1 Å². The number of nitrogens with one attached hydrogen (secondary N) is 1. The monoisotopic (exact) mass is 368 g/mol. The van der Waals surface area contributed by atoms with Crippen molar-refractivity contribution in [3.8, 4) is 22.8 Å². The number of pyridine rings is 1. The smallest absolute Gasteiger partial charge is 0.260 e. The van der Waals surface area contributed by atoms with Crippen LogP contribution in [0.4, 0.5) is 10.2 Å². The summed E-state index contributed by atoms with van der Waals surface area (Å²) in [5.41, 5.74) is 1.58. The van der Waals surface area contributed by atoms with E-state index in [1.807, 2.05) is 0 Å². The maximum Gasteiger partial charge on any atom is 0.260 e. The fourth-order valence-corrected chi connectivity index (χ4v) is 2.54. The minimum atomic E-state index is -0.696. The number of carbonyl (C=O) groups is 1. The van der Waals surface area contributed by atoms with E-state index in [1.165, 1.54) is 18.6 Å². The summed E-state index contributed by atoms with van der Waals surface area (Å²) in [6.07, 6.45) is 5.29. The zero-order valence-electron chi connectivity index (χ0n) is 15.0. The molecule has 0 saturated heterocycles. The van der Waals surface area contributed by atoms with Gasteiger partial charge in [-0.25, -0.2) is 9.37 Å². The van der Waals surface area contributed by atoms with E-state index >= 15 is 0 Å². The van der Waals surface area contributed by atoms with Gasteiger partial charge >= 0.3 is 0 Å². The molecule has 2 heterocycles. The summed E-state index contributed by atoms with van der Waals surface area (Å²) >= 11 is 0. The van der Waals surface area contributed by atoms with Crippen LogP contribution in [0.15, 0.2) is 43.0 Å². The fraction of sp³-hybridized carbons (Fsp3) is 0.158. The number of methoxy groups -OCH3 is 2. The molecule has 0 spiro atoms. The zero-order valence-corrected chi connectivity index (χ0v) is 15.0. The number of rotatable bonds is 5. The molecule has 8 heteroatoms. The molecule has 2 aromatic heterocycles. The van der Waals surface area contributed by atoms with Crippen LogP contribution >= 0.6 is 0 Å². The average Bonchev–Trinajstić information content (AvgIpc) is 2.68. The summed E-state index contributed by atoms with van der Waals surface area (Å²) in [4.78, 5) is 24.5. The Morgan fingerprint density at radius 2 is 1.89 bits per heavy atom. The molecule has 1 amide bonds. The van der Waals surface area contributed by atoms with Crippen molar-refractivity contribution in [1.29, 1.82) is 0 Å². The van der Waals surface area contributed by atoms with E-state index < -0.39 is 11.7 Å². The van der Waals surface area contributed by atoms with E-state index in [0.29, 0.717) is 28.3 Å². The summed E-state index contributed by atoms with van der Waals surface area (Å²) in [5.74, 6) is 0.137. The predicted molar refractivity (Wildman–Crippen MR) is 97.5 cm³/mol. The number of aromatic nitrogens is 3. The Morgan fingerprint density at radius 1 is 1.07 bits per heavy atom. The Kier molecular flexibility index (Phi) is 5.25. The number of amides is 1. The number of hydrogen-bond acceptors (Lipinski definition) is 6. The lowest BCUT2D eigenvalue weighted by Gasteiger charge is -2.11. The first-order valence-corrected chi connectivity index (χ1v) is 7.99. The quantitative estimate of drug-likeness (QED) is 0.744. The van der Waals surface area contributed by atoms with Crippen molar-refractivity contribution in [3.05, 3.63) is 59.9 Å². The molecule has 0 aliphatic carbocycles. The van der Waals surface area contributed by atoms with Gasteiger partial charge < -0.3 is 14.8 Å². The third kappa shape index (κ3) is 3.84. The lowest BCUT2D eigenvalue weighted by molar-refractivity contribution is 0.102. The van der Waals surface area contributed by atoms with Gasteiger partial charge in [-0.15, -0.1) is 0 Å². The van der Waals surface area contributed by atoms with Crippen molar-refractivity contribution in [2.24, 2.45) is 0 Å². The molecule has 7 nitrogen and oxygen atoms in total. The van der Waals surface area contributed by atoms with Gasteiger partial charge in [0.05, 0.1) is 44.1 Å². The third-order valence-electron chi connectivity index (χ3n) is 3.89. The summed E-state index contributed by atoms with van der Waals surface area (Å²) in [6.45, 7) is 1.61. The van der Waals surface area contributed by atoms with Gasteiger partial charge in [-0.2, -0.15) is 0 Å². The molecule has 0 atom stereocenters. The molecule has 27 heavy (non-hydrogen) atoms. The maximum atomic E-state index is 13.9. The topological polar surface area (TPSA) is 86.2 Å². The van der Waals surface area contributed by atoms with Crippen molar-refractivity contribution in [2.75, 3.05) is 19.5 Å². The van der Waals surface area contributed by atoms with Crippen LogP contribution < -0.4 is 14.8 Å². The summed E-state index contributed by atoms with van der Waals surface area (Å²) in [5, 5.41) is 2.53. The van der Waals surface area contributed by atoms with E-state index in [0.717, 1.165) is 6.20 Å². The first-order chi connectivity index (χ1) is 13.0. The molecule has 1 N–H and O–H groups in total. The second-order valence-corrected chi connectivity index (χ2v) is 5.62. The number of benzene rings is 1. The van der Waals surface area contributed by atoms with E-state index in [9.17, 15) is 9.18 Å². The summed E-state index contributed by atoms with van der Waals surface area (Å²) in [7, 11) is 3.12. The minimum Gasteiger partial charge on any atom is -0.497 e. The highest BCUT2D eigenvalue weighted by Crippen LogP contribution is 2.32. The van der Waals surface area contributed by atoms with E-state index in [1.54, 1.807) is 39.3 Å². The largest absolute Gasteiger partial charge is 0.497 e. The molecule has 3 aromatic rings. The summed E-state index contributed by atoms with van der Waals surface area (Å²) in [6, 6.07) is 5.31.